The number of aliphatic imine (C=N–C) groups is 1. The molecule has 31 heavy (non-hydrogen) atoms. The number of hydrogen-bond donors (Lipinski definition) is 1. The van der Waals surface area contributed by atoms with E-state index in [-0.39, 0.29) is 36.2 Å². The Morgan fingerprint density at radius 2 is 1.74 bits per heavy atom. The number of benzene rings is 1. The number of aliphatic hydroxyl groups is 1. The Morgan fingerprint density at radius 1 is 1.16 bits per heavy atom. The van der Waals surface area contributed by atoms with Crippen molar-refractivity contribution in [3.05, 3.63) is 40.1 Å². The highest BCUT2D eigenvalue weighted by molar-refractivity contribution is 6.26. The van der Waals surface area contributed by atoms with Gasteiger partial charge in [-0.05, 0) is 76.0 Å². The molecular formula is C26H35NO4. The van der Waals surface area contributed by atoms with E-state index in [4.69, 9.17) is 9.84 Å². The molecule has 0 saturated heterocycles. The van der Waals surface area contributed by atoms with Crippen molar-refractivity contribution >= 4 is 23.5 Å². The van der Waals surface area contributed by atoms with Crippen LogP contribution in [0.15, 0.2) is 22.9 Å². The number of carbonyl (C=O) groups is 2. The summed E-state index contributed by atoms with van der Waals surface area (Å²) in [4.78, 5) is 30.6. The van der Waals surface area contributed by atoms with Crippen LogP contribution in [0.2, 0.25) is 0 Å². The van der Waals surface area contributed by atoms with E-state index in [1.165, 1.54) is 5.56 Å². The van der Waals surface area contributed by atoms with Crippen LogP contribution in [0.25, 0.3) is 5.57 Å². The summed E-state index contributed by atoms with van der Waals surface area (Å²) in [5.74, 6) is 0.0793. The van der Waals surface area contributed by atoms with Gasteiger partial charge in [-0.3, -0.25) is 14.6 Å². The van der Waals surface area contributed by atoms with Gasteiger partial charge in [0.05, 0.1) is 11.0 Å². The molecule has 0 bridgehead atoms. The van der Waals surface area contributed by atoms with E-state index < -0.39 is 5.41 Å². The molecule has 1 N–H and O–H groups in total. The lowest BCUT2D eigenvalue weighted by molar-refractivity contribution is -0.149. The number of ether oxygens (including phenoxy) is 1. The SMILES string of the molecule is CCc1cc(C)cc(CC)c1C1=C(OC(=O)C(C)(C)C)C2CC(/C=N/CO)CC2C1=O. The molecule has 0 radical (unpaired) electrons. The second-order valence-electron chi connectivity index (χ2n) is 9.83. The Hall–Kier alpha value is -2.27. The van der Waals surface area contributed by atoms with Crippen LogP contribution in [-0.4, -0.2) is 29.8 Å². The van der Waals surface area contributed by atoms with Crippen molar-refractivity contribution in [3.8, 4) is 0 Å². The topological polar surface area (TPSA) is 76.0 Å². The first kappa shape index (κ1) is 23.4. The summed E-state index contributed by atoms with van der Waals surface area (Å²) in [6, 6.07) is 4.28. The van der Waals surface area contributed by atoms with Crippen LogP contribution < -0.4 is 0 Å². The highest BCUT2D eigenvalue weighted by Crippen LogP contribution is 2.52. The van der Waals surface area contributed by atoms with E-state index in [1.54, 1.807) is 6.21 Å². The van der Waals surface area contributed by atoms with Crippen molar-refractivity contribution in [1.82, 2.24) is 0 Å². The van der Waals surface area contributed by atoms with Crippen molar-refractivity contribution in [2.24, 2.45) is 28.2 Å². The standard InChI is InChI=1S/C26H35NO4/c1-7-17-9-15(3)10-18(8-2)21(17)22-23(29)19-11-16(13-27-14-28)12-20(19)24(22)31-25(30)26(4,5)6/h9-10,13,16,19-20,28H,7-8,11-12,14H2,1-6H3/b27-13+. The predicted molar refractivity (Wildman–Crippen MR) is 123 cm³/mol. The first-order valence-electron chi connectivity index (χ1n) is 11.4. The van der Waals surface area contributed by atoms with Crippen molar-refractivity contribution in [1.29, 1.82) is 0 Å². The lowest BCUT2D eigenvalue weighted by atomic mass is 9.87. The number of esters is 1. The monoisotopic (exact) mass is 425 g/mol. The van der Waals surface area contributed by atoms with Gasteiger partial charge in [0.2, 0.25) is 0 Å². The van der Waals surface area contributed by atoms with E-state index in [9.17, 15) is 9.59 Å². The van der Waals surface area contributed by atoms with Crippen molar-refractivity contribution in [3.63, 3.8) is 0 Å². The number of ketones is 1. The van der Waals surface area contributed by atoms with Gasteiger partial charge in [0.25, 0.3) is 0 Å². The summed E-state index contributed by atoms with van der Waals surface area (Å²) >= 11 is 0. The highest BCUT2D eigenvalue weighted by atomic mass is 16.5. The van der Waals surface area contributed by atoms with Crippen molar-refractivity contribution in [2.75, 3.05) is 6.73 Å². The minimum atomic E-state index is -0.663. The minimum Gasteiger partial charge on any atom is -0.430 e. The first-order valence-corrected chi connectivity index (χ1v) is 11.4. The van der Waals surface area contributed by atoms with Gasteiger partial charge in [0.15, 0.2) is 5.78 Å². The molecule has 0 aromatic heterocycles. The van der Waals surface area contributed by atoms with Gasteiger partial charge in [0.1, 0.15) is 12.5 Å². The number of hydrogen-bond acceptors (Lipinski definition) is 5. The largest absolute Gasteiger partial charge is 0.430 e. The fraction of sp³-hybridized carbons (Fsp3) is 0.577. The van der Waals surface area contributed by atoms with Crippen molar-refractivity contribution < 1.29 is 19.4 Å². The van der Waals surface area contributed by atoms with E-state index >= 15 is 0 Å². The van der Waals surface area contributed by atoms with Gasteiger partial charge >= 0.3 is 5.97 Å². The smallest absolute Gasteiger partial charge is 0.316 e. The number of Topliss-reactive ketones (excluding diaryl/α,β-unsaturated/α-hetero) is 1. The van der Waals surface area contributed by atoms with Crippen LogP contribution in [0.4, 0.5) is 0 Å². The van der Waals surface area contributed by atoms with Crippen LogP contribution in [0.5, 0.6) is 0 Å². The van der Waals surface area contributed by atoms with Crippen LogP contribution >= 0.6 is 0 Å². The summed E-state index contributed by atoms with van der Waals surface area (Å²) in [7, 11) is 0. The zero-order chi connectivity index (χ0) is 22.9. The quantitative estimate of drug-likeness (QED) is 0.531. The fourth-order valence-electron chi connectivity index (χ4n) is 4.91. The molecule has 2 aliphatic carbocycles. The van der Waals surface area contributed by atoms with E-state index in [1.807, 2.05) is 20.8 Å². The molecule has 0 aliphatic heterocycles. The average molecular weight is 426 g/mol. The number of allylic oxidation sites excluding steroid dienone is 2. The number of fused-ring (bicyclic) bond motifs is 1. The van der Waals surface area contributed by atoms with Crippen LogP contribution in [0.3, 0.4) is 0 Å². The molecule has 3 rings (SSSR count). The second kappa shape index (κ2) is 9.07. The van der Waals surface area contributed by atoms with Gasteiger partial charge in [0, 0.05) is 18.1 Å². The maximum absolute atomic E-state index is 13.7. The Kier molecular flexibility index (Phi) is 6.85. The number of nitrogens with zero attached hydrogens (tertiary/aromatic N) is 1. The number of aliphatic hydroxyl groups excluding tert-OH is 1. The average Bonchev–Trinajstić information content (AvgIpc) is 3.23. The molecular weight excluding hydrogens is 390 g/mol. The third-order valence-corrected chi connectivity index (χ3v) is 6.44. The normalized spacial score (nSPS) is 23.7. The van der Waals surface area contributed by atoms with E-state index in [2.05, 4.69) is 37.9 Å². The number of carbonyl (C=O) groups excluding carboxylic acids is 2. The molecule has 0 spiro atoms. The molecule has 3 unspecified atom stereocenters. The molecule has 0 amide bonds. The number of rotatable bonds is 6. The highest BCUT2D eigenvalue weighted by Gasteiger charge is 2.50. The third-order valence-electron chi connectivity index (χ3n) is 6.44. The summed E-state index contributed by atoms with van der Waals surface area (Å²) in [5, 5.41) is 9.03. The molecule has 3 atom stereocenters. The minimum absolute atomic E-state index is 0.0786. The van der Waals surface area contributed by atoms with E-state index in [0.29, 0.717) is 24.2 Å². The lowest BCUT2D eigenvalue weighted by Gasteiger charge is -2.22. The first-order chi connectivity index (χ1) is 14.6. The molecule has 0 heterocycles. The van der Waals surface area contributed by atoms with Gasteiger partial charge in [-0.25, -0.2) is 0 Å². The van der Waals surface area contributed by atoms with Crippen LogP contribution in [0, 0.1) is 30.1 Å². The van der Waals surface area contributed by atoms with Crippen molar-refractivity contribution in [2.45, 2.75) is 67.2 Å². The summed E-state index contributed by atoms with van der Waals surface area (Å²) in [5.41, 5.74) is 4.35. The molecule has 5 nitrogen and oxygen atoms in total. The van der Waals surface area contributed by atoms with Gasteiger partial charge in [-0.15, -0.1) is 0 Å². The predicted octanol–water partition coefficient (Wildman–Crippen LogP) is 4.67. The van der Waals surface area contributed by atoms with Crippen LogP contribution in [-0.2, 0) is 27.2 Å². The van der Waals surface area contributed by atoms with Gasteiger partial charge < -0.3 is 9.84 Å². The Labute approximate surface area is 185 Å². The third kappa shape index (κ3) is 4.52. The summed E-state index contributed by atoms with van der Waals surface area (Å²) < 4.78 is 6.04. The molecule has 1 aromatic rings. The van der Waals surface area contributed by atoms with E-state index in [0.717, 1.165) is 29.5 Å². The summed E-state index contributed by atoms with van der Waals surface area (Å²) in [6.07, 6.45) is 4.73. The Balaban J connectivity index is 2.17. The molecule has 1 aromatic carbocycles. The Morgan fingerprint density at radius 3 is 2.26 bits per heavy atom. The van der Waals surface area contributed by atoms with Crippen LogP contribution in [0.1, 0.15) is 69.7 Å². The molecule has 2 aliphatic rings. The second-order valence-corrected chi connectivity index (χ2v) is 9.83. The maximum atomic E-state index is 13.7. The molecule has 1 saturated carbocycles. The number of aryl methyl sites for hydroxylation is 3. The molecule has 168 valence electrons. The van der Waals surface area contributed by atoms with Gasteiger partial charge in [-0.2, -0.15) is 0 Å². The fourth-order valence-corrected chi connectivity index (χ4v) is 4.91. The lowest BCUT2D eigenvalue weighted by Crippen LogP contribution is -2.24. The molecule has 1 fully saturated rings. The zero-order valence-corrected chi connectivity index (χ0v) is 19.6. The van der Waals surface area contributed by atoms with Gasteiger partial charge in [-0.1, -0.05) is 31.5 Å². The maximum Gasteiger partial charge on any atom is 0.316 e. The Bertz CT molecular complexity index is 910. The zero-order valence-electron chi connectivity index (χ0n) is 19.6. The molecule has 5 heteroatoms. The summed E-state index contributed by atoms with van der Waals surface area (Å²) in [6.45, 7) is 11.5.